The van der Waals surface area contributed by atoms with E-state index in [0.29, 0.717) is 11.4 Å². The molecule has 0 radical (unpaired) electrons. The summed E-state index contributed by atoms with van der Waals surface area (Å²) in [5, 5.41) is 10.8. The fourth-order valence-electron chi connectivity index (χ4n) is 2.13. The van der Waals surface area contributed by atoms with Crippen LogP contribution in [0, 0.1) is 0 Å². The summed E-state index contributed by atoms with van der Waals surface area (Å²) >= 11 is 0. The fraction of sp³-hybridized carbons (Fsp3) is 0.0556. The van der Waals surface area contributed by atoms with Gasteiger partial charge in [-0.15, -0.1) is 0 Å². The van der Waals surface area contributed by atoms with Crippen LogP contribution in [0.15, 0.2) is 65.8 Å². The molecule has 120 valence electrons. The molecule has 0 saturated heterocycles. The van der Waals surface area contributed by atoms with E-state index in [0.717, 1.165) is 16.9 Å². The zero-order chi connectivity index (χ0) is 16.8. The second kappa shape index (κ2) is 7.23. The van der Waals surface area contributed by atoms with E-state index in [1.165, 1.54) is 0 Å². The first kappa shape index (κ1) is 15.5. The Morgan fingerprint density at radius 2 is 2.00 bits per heavy atom. The van der Waals surface area contributed by atoms with Crippen LogP contribution < -0.4 is 10.2 Å². The molecule has 6 nitrogen and oxygen atoms in total. The second-order valence-corrected chi connectivity index (χ2v) is 5.01. The van der Waals surface area contributed by atoms with Crippen molar-refractivity contribution >= 4 is 12.1 Å². The first-order valence-corrected chi connectivity index (χ1v) is 7.34. The van der Waals surface area contributed by atoms with Crippen LogP contribution >= 0.6 is 0 Å². The summed E-state index contributed by atoms with van der Waals surface area (Å²) < 4.78 is 5.19. The van der Waals surface area contributed by atoms with Gasteiger partial charge in [-0.05, 0) is 23.8 Å². The van der Waals surface area contributed by atoms with E-state index in [2.05, 4.69) is 20.7 Å². The summed E-state index contributed by atoms with van der Waals surface area (Å²) in [4.78, 5) is 12.1. The van der Waals surface area contributed by atoms with Crippen LogP contribution in [-0.4, -0.2) is 29.4 Å². The molecule has 3 rings (SSSR count). The average Bonchev–Trinajstić information content (AvgIpc) is 3.13. The predicted molar refractivity (Wildman–Crippen MR) is 92.1 cm³/mol. The van der Waals surface area contributed by atoms with Crippen LogP contribution in [-0.2, 0) is 0 Å². The highest BCUT2D eigenvalue weighted by Gasteiger charge is 2.10. The molecule has 0 aliphatic rings. The van der Waals surface area contributed by atoms with Crippen molar-refractivity contribution < 1.29 is 9.53 Å². The fourth-order valence-corrected chi connectivity index (χ4v) is 2.13. The molecular formula is C18H16N4O2. The Hall–Kier alpha value is -3.41. The molecule has 1 heterocycles. The third-order valence-corrected chi connectivity index (χ3v) is 3.37. The number of nitrogens with one attached hydrogen (secondary N) is 2. The maximum absolute atomic E-state index is 12.1. The van der Waals surface area contributed by atoms with E-state index >= 15 is 0 Å². The summed E-state index contributed by atoms with van der Waals surface area (Å²) in [5.74, 6) is 0.373. The van der Waals surface area contributed by atoms with Gasteiger partial charge in [0, 0.05) is 5.56 Å². The number of carbonyl (C=O) groups excluding carboxylic acids is 1. The third kappa shape index (κ3) is 3.67. The molecule has 0 unspecified atom stereocenters. The molecule has 24 heavy (non-hydrogen) atoms. The number of ether oxygens (including phenoxy) is 1. The zero-order valence-corrected chi connectivity index (χ0v) is 13.1. The lowest BCUT2D eigenvalue weighted by atomic mass is 10.1. The molecule has 0 aliphatic heterocycles. The number of hydrogen-bond donors (Lipinski definition) is 2. The van der Waals surface area contributed by atoms with Crippen LogP contribution in [0.5, 0.6) is 5.75 Å². The van der Waals surface area contributed by atoms with Gasteiger partial charge in [-0.1, -0.05) is 42.5 Å². The topological polar surface area (TPSA) is 79.4 Å². The number of methoxy groups -OCH3 is 1. The van der Waals surface area contributed by atoms with Crippen molar-refractivity contribution in [3.63, 3.8) is 0 Å². The molecule has 1 aromatic heterocycles. The third-order valence-electron chi connectivity index (χ3n) is 3.37. The monoisotopic (exact) mass is 320 g/mol. The van der Waals surface area contributed by atoms with Gasteiger partial charge in [0.1, 0.15) is 11.4 Å². The molecule has 0 fully saturated rings. The number of aromatic amines is 1. The first-order chi connectivity index (χ1) is 11.8. The van der Waals surface area contributed by atoms with Crippen molar-refractivity contribution in [2.24, 2.45) is 5.10 Å². The van der Waals surface area contributed by atoms with E-state index in [-0.39, 0.29) is 5.91 Å². The van der Waals surface area contributed by atoms with Gasteiger partial charge in [-0.25, -0.2) is 5.43 Å². The molecule has 0 spiro atoms. The maximum atomic E-state index is 12.1. The predicted octanol–water partition coefficient (Wildman–Crippen LogP) is 2.85. The van der Waals surface area contributed by atoms with E-state index in [4.69, 9.17) is 4.74 Å². The largest absolute Gasteiger partial charge is 0.497 e. The van der Waals surface area contributed by atoms with Gasteiger partial charge in [0.2, 0.25) is 0 Å². The van der Waals surface area contributed by atoms with Crippen LogP contribution in [0.4, 0.5) is 0 Å². The minimum absolute atomic E-state index is 0.332. The number of carbonyl (C=O) groups is 1. The molecule has 0 atom stereocenters. The molecule has 2 aromatic carbocycles. The van der Waals surface area contributed by atoms with E-state index < -0.39 is 0 Å². The van der Waals surface area contributed by atoms with Gasteiger partial charge in [0.25, 0.3) is 5.91 Å². The summed E-state index contributed by atoms with van der Waals surface area (Å²) in [6, 6.07) is 18.6. The number of H-pyrrole nitrogens is 1. The number of benzene rings is 2. The van der Waals surface area contributed by atoms with Crippen molar-refractivity contribution in [3.8, 4) is 17.0 Å². The summed E-state index contributed by atoms with van der Waals surface area (Å²) in [6.45, 7) is 0. The minimum atomic E-state index is -0.358. The Morgan fingerprint density at radius 3 is 2.79 bits per heavy atom. The van der Waals surface area contributed by atoms with Gasteiger partial charge in [-0.2, -0.15) is 10.2 Å². The lowest BCUT2D eigenvalue weighted by Gasteiger charge is -2.00. The van der Waals surface area contributed by atoms with Gasteiger partial charge in [-0.3, -0.25) is 9.89 Å². The maximum Gasteiger partial charge on any atom is 0.289 e. The first-order valence-electron chi connectivity index (χ1n) is 7.34. The second-order valence-electron chi connectivity index (χ2n) is 5.01. The lowest BCUT2D eigenvalue weighted by molar-refractivity contribution is 0.0950. The van der Waals surface area contributed by atoms with Crippen molar-refractivity contribution in [2.45, 2.75) is 0 Å². The Morgan fingerprint density at radius 1 is 1.17 bits per heavy atom. The molecule has 0 aliphatic carbocycles. The highest BCUT2D eigenvalue weighted by atomic mass is 16.5. The van der Waals surface area contributed by atoms with Crippen molar-refractivity contribution in [1.29, 1.82) is 0 Å². The number of amides is 1. The highest BCUT2D eigenvalue weighted by Crippen LogP contribution is 2.22. The van der Waals surface area contributed by atoms with Crippen molar-refractivity contribution in [3.05, 3.63) is 71.9 Å². The number of hydrogen-bond acceptors (Lipinski definition) is 4. The normalized spacial score (nSPS) is 10.7. The van der Waals surface area contributed by atoms with Gasteiger partial charge in [0.05, 0.1) is 19.0 Å². The number of nitrogens with zero attached hydrogens (tertiary/aromatic N) is 2. The summed E-state index contributed by atoms with van der Waals surface area (Å²) in [6.07, 6.45) is 1.58. The smallest absolute Gasteiger partial charge is 0.289 e. The Bertz CT molecular complexity index is 856. The standard InChI is InChI=1S/C18H16N4O2/c1-24-15-9-5-8-14(10-15)16-11-17(21-20-16)18(23)22-19-12-13-6-3-2-4-7-13/h2-12H,1H3,(H,20,21)(H,22,23). The van der Waals surface area contributed by atoms with Gasteiger partial charge < -0.3 is 4.74 Å². The number of hydrazone groups is 1. The van der Waals surface area contributed by atoms with Crippen LogP contribution in [0.2, 0.25) is 0 Å². The van der Waals surface area contributed by atoms with Crippen LogP contribution in [0.3, 0.4) is 0 Å². The Balaban J connectivity index is 1.68. The lowest BCUT2D eigenvalue weighted by Crippen LogP contribution is -2.17. The molecule has 2 N–H and O–H groups in total. The number of rotatable bonds is 5. The summed E-state index contributed by atoms with van der Waals surface area (Å²) in [5.41, 5.74) is 5.22. The molecule has 1 amide bonds. The Labute approximate surface area is 139 Å². The number of aromatic nitrogens is 2. The van der Waals surface area contributed by atoms with Crippen molar-refractivity contribution in [2.75, 3.05) is 7.11 Å². The molecule has 3 aromatic rings. The van der Waals surface area contributed by atoms with Crippen LogP contribution in [0.1, 0.15) is 16.1 Å². The highest BCUT2D eigenvalue weighted by molar-refractivity contribution is 5.94. The summed E-state index contributed by atoms with van der Waals surface area (Å²) in [7, 11) is 1.60. The quantitative estimate of drug-likeness (QED) is 0.560. The van der Waals surface area contributed by atoms with Crippen molar-refractivity contribution in [1.82, 2.24) is 15.6 Å². The minimum Gasteiger partial charge on any atom is -0.497 e. The molecule has 0 bridgehead atoms. The van der Waals surface area contributed by atoms with Gasteiger partial charge >= 0.3 is 0 Å². The van der Waals surface area contributed by atoms with Gasteiger partial charge in [0.15, 0.2) is 0 Å². The van der Waals surface area contributed by atoms with E-state index in [9.17, 15) is 4.79 Å². The zero-order valence-electron chi connectivity index (χ0n) is 13.1. The average molecular weight is 320 g/mol. The van der Waals surface area contributed by atoms with Crippen LogP contribution in [0.25, 0.3) is 11.3 Å². The SMILES string of the molecule is COc1cccc(-c2cc(C(=O)NN=Cc3ccccc3)[nH]n2)c1. The van der Waals surface area contributed by atoms with E-state index in [1.807, 2.05) is 54.6 Å². The Kier molecular flexibility index (Phi) is 4.67. The molecule has 0 saturated carbocycles. The molecular weight excluding hydrogens is 304 g/mol. The van der Waals surface area contributed by atoms with E-state index in [1.54, 1.807) is 19.4 Å². The molecule has 6 heteroatoms.